The number of rotatable bonds is 9. The van der Waals surface area contributed by atoms with Crippen molar-refractivity contribution in [2.75, 3.05) is 12.0 Å². The summed E-state index contributed by atoms with van der Waals surface area (Å²) in [6.07, 6.45) is 1.62. The molecule has 0 amide bonds. The van der Waals surface area contributed by atoms with Crippen molar-refractivity contribution in [2.45, 2.75) is 13.5 Å². The van der Waals surface area contributed by atoms with Gasteiger partial charge in [-0.05, 0) is 67.1 Å². The molecule has 5 rings (SSSR count). The minimum Gasteiger partial charge on any atom is -0.490 e. The molecule has 0 unspecified atom stereocenters. The minimum atomic E-state index is -0.337. The van der Waals surface area contributed by atoms with Crippen LogP contribution in [0.4, 0.5) is 5.95 Å². The second-order valence-electron chi connectivity index (χ2n) is 8.46. The van der Waals surface area contributed by atoms with Gasteiger partial charge in [-0.1, -0.05) is 59.6 Å². The van der Waals surface area contributed by atoms with Crippen LogP contribution in [0.3, 0.4) is 0 Å². The van der Waals surface area contributed by atoms with E-state index in [-0.39, 0.29) is 12.2 Å². The van der Waals surface area contributed by atoms with Crippen LogP contribution in [0, 0.1) is 0 Å². The first-order valence-electron chi connectivity index (χ1n) is 12.2. The molecule has 0 aliphatic rings. The summed E-state index contributed by atoms with van der Waals surface area (Å²) >= 11 is 12.3. The molecular weight excluding hydrogens is 535 g/mol. The van der Waals surface area contributed by atoms with Crippen molar-refractivity contribution in [3.8, 4) is 17.2 Å². The second-order valence-corrected chi connectivity index (χ2v) is 9.31. The maximum atomic E-state index is 12.7. The van der Waals surface area contributed by atoms with Crippen LogP contribution < -0.4 is 20.5 Å². The minimum absolute atomic E-state index is 0.260. The molecule has 39 heavy (non-hydrogen) atoms. The normalized spacial score (nSPS) is 11.2. The zero-order valence-corrected chi connectivity index (χ0v) is 22.5. The van der Waals surface area contributed by atoms with E-state index in [1.807, 2.05) is 84.3 Å². The number of hydrazone groups is 1. The van der Waals surface area contributed by atoms with E-state index >= 15 is 0 Å². The largest absolute Gasteiger partial charge is 0.490 e. The van der Waals surface area contributed by atoms with E-state index in [4.69, 9.17) is 32.7 Å². The summed E-state index contributed by atoms with van der Waals surface area (Å²) in [6.45, 7) is 2.62. The van der Waals surface area contributed by atoms with E-state index in [1.54, 1.807) is 24.4 Å². The monoisotopic (exact) mass is 558 g/mol. The van der Waals surface area contributed by atoms with Crippen LogP contribution in [0.25, 0.3) is 16.6 Å². The maximum absolute atomic E-state index is 12.7. The van der Waals surface area contributed by atoms with Gasteiger partial charge < -0.3 is 9.47 Å². The molecule has 0 saturated carbocycles. The molecule has 0 radical (unpaired) electrons. The van der Waals surface area contributed by atoms with Crippen molar-refractivity contribution in [3.63, 3.8) is 0 Å². The molecule has 4 aromatic carbocycles. The van der Waals surface area contributed by atoms with E-state index in [2.05, 4.69) is 15.5 Å². The van der Waals surface area contributed by atoms with E-state index in [0.717, 1.165) is 22.3 Å². The van der Waals surface area contributed by atoms with Gasteiger partial charge in [-0.2, -0.15) is 10.1 Å². The zero-order chi connectivity index (χ0) is 27.2. The fraction of sp³-hybridized carbons (Fsp3) is 0.100. The molecule has 0 saturated heterocycles. The van der Waals surface area contributed by atoms with Crippen molar-refractivity contribution in [1.82, 2.24) is 9.55 Å². The summed E-state index contributed by atoms with van der Waals surface area (Å²) in [5, 5.41) is 5.99. The third kappa shape index (κ3) is 6.06. The van der Waals surface area contributed by atoms with Crippen molar-refractivity contribution in [1.29, 1.82) is 0 Å². The predicted octanol–water partition coefficient (Wildman–Crippen LogP) is 7.12. The Bertz CT molecular complexity index is 1700. The van der Waals surface area contributed by atoms with Gasteiger partial charge >= 0.3 is 0 Å². The Morgan fingerprint density at radius 3 is 2.51 bits per heavy atom. The molecule has 9 heteroatoms. The van der Waals surface area contributed by atoms with Crippen LogP contribution in [0.15, 0.2) is 101 Å². The first-order valence-corrected chi connectivity index (χ1v) is 13.0. The number of para-hydroxylation sites is 2. The van der Waals surface area contributed by atoms with Crippen molar-refractivity contribution in [3.05, 3.63) is 123 Å². The van der Waals surface area contributed by atoms with Gasteiger partial charge in [-0.15, -0.1) is 0 Å². The third-order valence-corrected chi connectivity index (χ3v) is 6.44. The molecule has 0 spiro atoms. The Balaban J connectivity index is 1.40. The molecule has 0 bridgehead atoms. The lowest BCUT2D eigenvalue weighted by Crippen LogP contribution is -2.16. The molecular formula is C30H24Cl2N4O3. The van der Waals surface area contributed by atoms with Gasteiger partial charge in [0.15, 0.2) is 11.5 Å². The number of nitrogens with zero attached hydrogens (tertiary/aromatic N) is 3. The van der Waals surface area contributed by atoms with Crippen molar-refractivity contribution < 1.29 is 9.47 Å². The van der Waals surface area contributed by atoms with Gasteiger partial charge in [0.25, 0.3) is 5.56 Å². The summed E-state index contributed by atoms with van der Waals surface area (Å²) in [5.74, 6) is 1.43. The van der Waals surface area contributed by atoms with E-state index in [9.17, 15) is 4.79 Å². The van der Waals surface area contributed by atoms with E-state index in [1.165, 1.54) is 0 Å². The number of hydrogen-bond acceptors (Lipinski definition) is 6. The molecule has 1 N–H and O–H groups in total. The van der Waals surface area contributed by atoms with Crippen LogP contribution >= 0.6 is 23.2 Å². The number of halogens is 2. The number of fused-ring (bicyclic) bond motifs is 1. The number of nitrogens with one attached hydrogen (secondary N) is 1. The molecule has 0 aliphatic carbocycles. The Labute approximate surface area is 235 Å². The second kappa shape index (κ2) is 12.0. The fourth-order valence-electron chi connectivity index (χ4n) is 4.03. The first-order chi connectivity index (χ1) is 19.0. The molecule has 7 nitrogen and oxygen atoms in total. The van der Waals surface area contributed by atoms with Crippen LogP contribution in [0.1, 0.15) is 18.1 Å². The predicted molar refractivity (Wildman–Crippen MR) is 157 cm³/mol. The Morgan fingerprint density at radius 1 is 0.923 bits per heavy atom. The quantitative estimate of drug-likeness (QED) is 0.154. The molecule has 1 aromatic heterocycles. The zero-order valence-electron chi connectivity index (χ0n) is 21.0. The molecule has 0 aliphatic heterocycles. The van der Waals surface area contributed by atoms with Gasteiger partial charge in [0.05, 0.1) is 23.7 Å². The molecule has 5 aromatic rings. The lowest BCUT2D eigenvalue weighted by molar-refractivity contribution is 0.269. The van der Waals surface area contributed by atoms with Crippen LogP contribution in [-0.2, 0) is 6.61 Å². The summed E-state index contributed by atoms with van der Waals surface area (Å²) in [6, 6.07) is 27.8. The Hall–Kier alpha value is -4.33. The van der Waals surface area contributed by atoms with E-state index in [0.29, 0.717) is 39.5 Å². The van der Waals surface area contributed by atoms with Crippen LogP contribution in [0.2, 0.25) is 10.0 Å². The standard InChI is InChI=1S/C30H24Cl2N4O3/c1-2-38-28-16-20(12-15-27(28)39-19-21-13-14-22(31)17-25(21)32)18-33-35-30-34-29(37)24-10-6-7-11-26(24)36(30)23-8-4-3-5-9-23/h3-18H,2,19H2,1H3,(H,34,35,37)/b33-18-. The van der Waals surface area contributed by atoms with Gasteiger partial charge in [0.1, 0.15) is 6.61 Å². The highest BCUT2D eigenvalue weighted by Crippen LogP contribution is 2.30. The first kappa shape index (κ1) is 26.3. The van der Waals surface area contributed by atoms with E-state index < -0.39 is 0 Å². The maximum Gasteiger partial charge on any atom is 0.282 e. The van der Waals surface area contributed by atoms with Crippen LogP contribution in [0.5, 0.6) is 11.5 Å². The summed E-state index contributed by atoms with van der Waals surface area (Å²) in [4.78, 5) is 17.0. The lowest BCUT2D eigenvalue weighted by Gasteiger charge is -2.15. The molecule has 0 atom stereocenters. The highest BCUT2D eigenvalue weighted by atomic mass is 35.5. The van der Waals surface area contributed by atoms with Crippen molar-refractivity contribution >= 4 is 46.3 Å². The lowest BCUT2D eigenvalue weighted by atomic mass is 10.2. The van der Waals surface area contributed by atoms with Crippen molar-refractivity contribution in [2.24, 2.45) is 5.10 Å². The Morgan fingerprint density at radius 2 is 1.72 bits per heavy atom. The highest BCUT2D eigenvalue weighted by Gasteiger charge is 2.12. The topological polar surface area (TPSA) is 77.7 Å². The number of benzene rings is 4. The fourth-order valence-corrected chi connectivity index (χ4v) is 4.50. The summed E-state index contributed by atoms with van der Waals surface area (Å²) in [7, 11) is 0. The number of ether oxygens (including phenoxy) is 2. The molecule has 0 fully saturated rings. The number of anilines is 1. The highest BCUT2D eigenvalue weighted by molar-refractivity contribution is 6.35. The average Bonchev–Trinajstić information content (AvgIpc) is 2.94. The SMILES string of the molecule is CCOc1cc(/C=N\Nc2nc(=O)c3ccccc3n2-c2ccccc2)ccc1OCc1ccc(Cl)cc1Cl. The number of aromatic nitrogens is 2. The van der Waals surface area contributed by atoms with Gasteiger partial charge in [0.2, 0.25) is 5.95 Å². The summed E-state index contributed by atoms with van der Waals surface area (Å²) < 4.78 is 13.6. The van der Waals surface area contributed by atoms with Gasteiger partial charge in [0, 0.05) is 21.3 Å². The van der Waals surface area contributed by atoms with Gasteiger partial charge in [-0.3, -0.25) is 9.36 Å². The third-order valence-electron chi connectivity index (χ3n) is 5.85. The molecule has 196 valence electrons. The number of hydrogen-bond donors (Lipinski definition) is 1. The molecule has 1 heterocycles. The van der Waals surface area contributed by atoms with Crippen LogP contribution in [-0.4, -0.2) is 22.4 Å². The van der Waals surface area contributed by atoms with Gasteiger partial charge in [-0.25, -0.2) is 5.43 Å². The smallest absolute Gasteiger partial charge is 0.282 e. The average molecular weight is 559 g/mol. The summed E-state index contributed by atoms with van der Waals surface area (Å²) in [5.41, 5.74) is 5.75. The Kier molecular flexibility index (Phi) is 8.10.